The zero-order valence-corrected chi connectivity index (χ0v) is 26.8. The van der Waals surface area contributed by atoms with Gasteiger partial charge in [0.2, 0.25) is 5.88 Å². The fourth-order valence-corrected chi connectivity index (χ4v) is 5.65. The summed E-state index contributed by atoms with van der Waals surface area (Å²) in [5, 5.41) is 13.9. The normalized spacial score (nSPS) is 13.9. The maximum Gasteiger partial charge on any atom is 0.335 e. The minimum Gasteiger partial charge on any atom is -0.478 e. The monoisotopic (exact) mass is 680 g/mol. The number of pyridine rings is 2. The molecule has 49 heavy (non-hydrogen) atoms. The van der Waals surface area contributed by atoms with Crippen LogP contribution in [0.15, 0.2) is 73.2 Å². The van der Waals surface area contributed by atoms with E-state index < -0.39 is 17.6 Å². The lowest BCUT2D eigenvalue weighted by Crippen LogP contribution is -2.31. The molecule has 7 rings (SSSR count). The number of ether oxygens (including phenoxy) is 2. The molecule has 1 fully saturated rings. The lowest BCUT2D eigenvalue weighted by atomic mass is 10.0. The number of imidazole rings is 1. The molecule has 1 aliphatic heterocycles. The Morgan fingerprint density at radius 1 is 1.08 bits per heavy atom. The van der Waals surface area contributed by atoms with Crippen molar-refractivity contribution in [1.29, 1.82) is 0 Å². The van der Waals surface area contributed by atoms with Crippen molar-refractivity contribution in [2.24, 2.45) is 7.05 Å². The second-order valence-corrected chi connectivity index (χ2v) is 11.9. The standard InChI is InChI=1S/C36H27ClF2N6O4/c1-44-18-22(17-41-44)6-5-21-11-27(37)32(40-16-21)20-49-35-4-2-3-30(43-35)26-15-28(38)24(12-29(26)39)14-34-42-31-8-7-23(36(46)47)13-33(31)45(34)19-25-9-10-48-25/h2-4,7-8,11-13,15-18,25H,9-10,14,19-20H2,1H3,(H,46,47). The molecule has 1 N–H and O–H groups in total. The molecule has 5 heterocycles. The van der Waals surface area contributed by atoms with Gasteiger partial charge in [0, 0.05) is 49.7 Å². The zero-order valence-electron chi connectivity index (χ0n) is 26.0. The smallest absolute Gasteiger partial charge is 0.335 e. The molecule has 0 radical (unpaired) electrons. The highest BCUT2D eigenvalue weighted by Crippen LogP contribution is 2.29. The number of nitrogens with zero attached hydrogens (tertiary/aromatic N) is 6. The first-order valence-corrected chi connectivity index (χ1v) is 15.7. The van der Waals surface area contributed by atoms with Gasteiger partial charge in [-0.05, 0) is 54.4 Å². The Morgan fingerprint density at radius 3 is 2.65 bits per heavy atom. The average molecular weight is 681 g/mol. The SMILES string of the molecule is Cn1cc(C#Cc2cnc(COc3cccc(-c4cc(F)c(Cc5nc6ccc(C(=O)O)cc6n5CC5CCO5)cc4F)n3)c(Cl)c2)cn1. The molecule has 1 unspecified atom stereocenters. The average Bonchev–Trinajstić information content (AvgIpc) is 3.64. The summed E-state index contributed by atoms with van der Waals surface area (Å²) in [6, 6.07) is 13.3. The number of aromatic carboxylic acids is 1. The summed E-state index contributed by atoms with van der Waals surface area (Å²) in [5.74, 6) is 4.25. The molecule has 0 spiro atoms. The molecule has 2 aromatic carbocycles. The first kappa shape index (κ1) is 31.9. The van der Waals surface area contributed by atoms with E-state index in [4.69, 9.17) is 21.1 Å². The van der Waals surface area contributed by atoms with E-state index in [1.165, 1.54) is 12.1 Å². The van der Waals surface area contributed by atoms with Crippen LogP contribution in [0.3, 0.4) is 0 Å². The summed E-state index contributed by atoms with van der Waals surface area (Å²) in [6.45, 7) is 1.04. The van der Waals surface area contributed by atoms with E-state index in [9.17, 15) is 9.90 Å². The Hall–Kier alpha value is -5.64. The summed E-state index contributed by atoms with van der Waals surface area (Å²) in [7, 11) is 1.81. The lowest BCUT2D eigenvalue weighted by Gasteiger charge is -2.27. The first-order valence-electron chi connectivity index (χ1n) is 15.3. The predicted octanol–water partition coefficient (Wildman–Crippen LogP) is 6.22. The number of aromatic nitrogens is 6. The van der Waals surface area contributed by atoms with Gasteiger partial charge in [0.25, 0.3) is 0 Å². The quantitative estimate of drug-likeness (QED) is 0.179. The molecule has 0 amide bonds. The van der Waals surface area contributed by atoms with E-state index in [0.29, 0.717) is 46.3 Å². The van der Waals surface area contributed by atoms with Gasteiger partial charge in [0.05, 0.1) is 57.4 Å². The molecule has 0 aliphatic carbocycles. The van der Waals surface area contributed by atoms with Crippen molar-refractivity contribution in [2.75, 3.05) is 6.61 Å². The Kier molecular flexibility index (Phi) is 8.78. The summed E-state index contributed by atoms with van der Waals surface area (Å²) in [5.41, 5.74) is 3.31. The van der Waals surface area contributed by atoms with Gasteiger partial charge < -0.3 is 19.1 Å². The topological polar surface area (TPSA) is 117 Å². The van der Waals surface area contributed by atoms with Crippen LogP contribution in [0.5, 0.6) is 5.88 Å². The maximum absolute atomic E-state index is 15.6. The van der Waals surface area contributed by atoms with Crippen LogP contribution >= 0.6 is 11.6 Å². The number of hydrogen-bond acceptors (Lipinski definition) is 7. The molecule has 10 nitrogen and oxygen atoms in total. The minimum atomic E-state index is -1.07. The van der Waals surface area contributed by atoms with Crippen LogP contribution in [0.2, 0.25) is 5.02 Å². The van der Waals surface area contributed by atoms with Gasteiger partial charge in [-0.1, -0.05) is 29.5 Å². The number of hydrogen-bond donors (Lipinski definition) is 1. The van der Waals surface area contributed by atoms with E-state index in [-0.39, 0.29) is 47.4 Å². The summed E-state index contributed by atoms with van der Waals surface area (Å²) >= 11 is 6.43. The molecule has 13 heteroatoms. The van der Waals surface area contributed by atoms with E-state index >= 15 is 8.78 Å². The number of rotatable bonds is 9. The Balaban J connectivity index is 1.08. The number of carboxylic acid groups (broad SMARTS) is 1. The molecule has 246 valence electrons. The molecule has 1 aliphatic rings. The molecule has 0 saturated carbocycles. The van der Waals surface area contributed by atoms with Gasteiger partial charge in [0.15, 0.2) is 0 Å². The van der Waals surface area contributed by atoms with Crippen LogP contribution in [-0.2, 0) is 31.4 Å². The van der Waals surface area contributed by atoms with Gasteiger partial charge in [-0.2, -0.15) is 5.10 Å². The third-order valence-electron chi connectivity index (χ3n) is 8.07. The number of carbonyl (C=O) groups is 1. The minimum absolute atomic E-state index is 0.0117. The van der Waals surface area contributed by atoms with Crippen molar-refractivity contribution in [3.63, 3.8) is 0 Å². The highest BCUT2D eigenvalue weighted by atomic mass is 35.5. The number of fused-ring (bicyclic) bond motifs is 1. The van der Waals surface area contributed by atoms with Crippen LogP contribution in [-0.4, -0.2) is 53.1 Å². The van der Waals surface area contributed by atoms with Crippen LogP contribution in [0.1, 0.15) is 45.0 Å². The Morgan fingerprint density at radius 2 is 1.92 bits per heavy atom. The second kappa shape index (κ2) is 13.5. The van der Waals surface area contributed by atoms with Crippen molar-refractivity contribution in [3.05, 3.63) is 124 Å². The van der Waals surface area contributed by atoms with E-state index in [1.54, 1.807) is 53.6 Å². The van der Waals surface area contributed by atoms with Crippen molar-refractivity contribution in [1.82, 2.24) is 29.3 Å². The molecule has 1 saturated heterocycles. The summed E-state index contributed by atoms with van der Waals surface area (Å²) < 4.78 is 46.1. The maximum atomic E-state index is 15.6. The van der Waals surface area contributed by atoms with Crippen LogP contribution < -0.4 is 4.74 Å². The number of carboxylic acids is 1. The predicted molar refractivity (Wildman–Crippen MR) is 176 cm³/mol. The highest BCUT2D eigenvalue weighted by molar-refractivity contribution is 6.31. The molecular formula is C36H27ClF2N6O4. The second-order valence-electron chi connectivity index (χ2n) is 11.5. The Bertz CT molecular complexity index is 2290. The molecular weight excluding hydrogens is 654 g/mol. The number of aryl methyl sites for hydroxylation is 1. The molecule has 6 aromatic rings. The van der Waals surface area contributed by atoms with Crippen molar-refractivity contribution >= 4 is 28.6 Å². The van der Waals surface area contributed by atoms with E-state index in [2.05, 4.69) is 31.9 Å². The van der Waals surface area contributed by atoms with Crippen LogP contribution in [0.25, 0.3) is 22.3 Å². The van der Waals surface area contributed by atoms with Crippen molar-refractivity contribution < 1.29 is 28.2 Å². The van der Waals surface area contributed by atoms with Gasteiger partial charge in [-0.3, -0.25) is 9.67 Å². The van der Waals surface area contributed by atoms with E-state index in [0.717, 1.165) is 24.1 Å². The summed E-state index contributed by atoms with van der Waals surface area (Å²) in [4.78, 5) is 25.0. The van der Waals surface area contributed by atoms with Crippen molar-refractivity contribution in [2.45, 2.75) is 32.1 Å². The largest absolute Gasteiger partial charge is 0.478 e. The Labute approximate surface area is 283 Å². The van der Waals surface area contributed by atoms with Crippen LogP contribution in [0.4, 0.5) is 8.78 Å². The molecule has 4 aromatic heterocycles. The molecule has 0 bridgehead atoms. The third-order valence-corrected chi connectivity index (χ3v) is 8.40. The fraction of sp³-hybridized carbons (Fsp3) is 0.194. The fourth-order valence-electron chi connectivity index (χ4n) is 5.43. The number of halogens is 3. The van der Waals surface area contributed by atoms with Gasteiger partial charge in [0.1, 0.15) is 24.1 Å². The van der Waals surface area contributed by atoms with Crippen molar-refractivity contribution in [3.8, 4) is 29.0 Å². The number of benzene rings is 2. The third kappa shape index (κ3) is 6.99. The summed E-state index contributed by atoms with van der Waals surface area (Å²) in [6.07, 6.45) is 5.78. The zero-order chi connectivity index (χ0) is 34.1. The van der Waals surface area contributed by atoms with Gasteiger partial charge in [-0.25, -0.2) is 23.5 Å². The molecule has 1 atom stereocenters. The van der Waals surface area contributed by atoms with Crippen LogP contribution in [0, 0.1) is 23.5 Å². The van der Waals surface area contributed by atoms with Gasteiger partial charge >= 0.3 is 5.97 Å². The van der Waals surface area contributed by atoms with E-state index in [1.807, 2.05) is 11.6 Å². The lowest BCUT2D eigenvalue weighted by molar-refractivity contribution is -0.0589. The first-order chi connectivity index (χ1) is 23.7. The van der Waals surface area contributed by atoms with Gasteiger partial charge in [-0.15, -0.1) is 0 Å². The highest BCUT2D eigenvalue weighted by Gasteiger charge is 2.24.